The molecule has 17 heavy (non-hydrogen) atoms. The first-order valence-electron chi connectivity index (χ1n) is 5.00. The standard InChI is InChI=1S/C11H8N6/c1-2-12-8-15-11(1)9-3-16-17(6-9)10-4-13-7-14-5-10/h1-8H. The molecule has 0 aliphatic heterocycles. The Hall–Kier alpha value is -2.63. The molecule has 82 valence electrons. The van der Waals surface area contributed by atoms with Crippen molar-refractivity contribution in [1.82, 2.24) is 29.7 Å². The number of rotatable bonds is 2. The van der Waals surface area contributed by atoms with E-state index in [0.717, 1.165) is 16.9 Å². The topological polar surface area (TPSA) is 69.4 Å². The summed E-state index contributed by atoms with van der Waals surface area (Å²) < 4.78 is 1.71. The van der Waals surface area contributed by atoms with Crippen LogP contribution in [0.15, 0.2) is 49.7 Å². The zero-order valence-electron chi connectivity index (χ0n) is 8.80. The minimum Gasteiger partial charge on any atom is -0.245 e. The van der Waals surface area contributed by atoms with Gasteiger partial charge in [-0.25, -0.2) is 24.6 Å². The Morgan fingerprint density at radius 1 is 0.941 bits per heavy atom. The summed E-state index contributed by atoms with van der Waals surface area (Å²) >= 11 is 0. The van der Waals surface area contributed by atoms with Gasteiger partial charge in [0, 0.05) is 18.0 Å². The summed E-state index contributed by atoms with van der Waals surface area (Å²) in [5.41, 5.74) is 2.58. The van der Waals surface area contributed by atoms with E-state index in [0.29, 0.717) is 0 Å². The first-order chi connectivity index (χ1) is 8.43. The third kappa shape index (κ3) is 1.87. The van der Waals surface area contributed by atoms with Crippen molar-refractivity contribution in [3.8, 4) is 16.9 Å². The lowest BCUT2D eigenvalue weighted by Crippen LogP contribution is -1.95. The predicted molar refractivity (Wildman–Crippen MR) is 60.2 cm³/mol. The van der Waals surface area contributed by atoms with Crippen molar-refractivity contribution in [2.75, 3.05) is 0 Å². The van der Waals surface area contributed by atoms with Crippen LogP contribution in [0.1, 0.15) is 0 Å². The normalized spacial score (nSPS) is 10.4. The molecule has 3 aromatic heterocycles. The fourth-order valence-electron chi connectivity index (χ4n) is 1.47. The van der Waals surface area contributed by atoms with Gasteiger partial charge in [-0.3, -0.25) is 0 Å². The zero-order chi connectivity index (χ0) is 11.5. The van der Waals surface area contributed by atoms with Gasteiger partial charge in [-0.2, -0.15) is 5.10 Å². The van der Waals surface area contributed by atoms with Gasteiger partial charge >= 0.3 is 0 Å². The molecule has 0 fully saturated rings. The van der Waals surface area contributed by atoms with Crippen LogP contribution in [0.5, 0.6) is 0 Å². The third-order valence-electron chi connectivity index (χ3n) is 2.27. The smallest absolute Gasteiger partial charge is 0.116 e. The highest BCUT2D eigenvalue weighted by molar-refractivity contribution is 5.56. The maximum atomic E-state index is 4.24. The van der Waals surface area contributed by atoms with Gasteiger partial charge in [0.05, 0.1) is 24.3 Å². The van der Waals surface area contributed by atoms with Crippen molar-refractivity contribution in [3.63, 3.8) is 0 Å². The van der Waals surface area contributed by atoms with Crippen molar-refractivity contribution >= 4 is 0 Å². The molecule has 0 amide bonds. The van der Waals surface area contributed by atoms with Crippen LogP contribution in [0.2, 0.25) is 0 Å². The summed E-state index contributed by atoms with van der Waals surface area (Å²) in [4.78, 5) is 15.9. The lowest BCUT2D eigenvalue weighted by atomic mass is 10.2. The second kappa shape index (κ2) is 4.09. The molecule has 6 nitrogen and oxygen atoms in total. The van der Waals surface area contributed by atoms with E-state index in [1.165, 1.54) is 12.7 Å². The molecule has 3 heterocycles. The maximum absolute atomic E-state index is 4.24. The number of nitrogens with zero attached hydrogens (tertiary/aromatic N) is 6. The van der Waals surface area contributed by atoms with Crippen LogP contribution in [0, 0.1) is 0 Å². The Balaban J connectivity index is 1.99. The highest BCUT2D eigenvalue weighted by atomic mass is 15.3. The fourth-order valence-corrected chi connectivity index (χ4v) is 1.47. The van der Waals surface area contributed by atoms with Crippen LogP contribution in [0.3, 0.4) is 0 Å². The van der Waals surface area contributed by atoms with Gasteiger partial charge in [0.15, 0.2) is 0 Å². The number of aromatic nitrogens is 6. The van der Waals surface area contributed by atoms with E-state index < -0.39 is 0 Å². The Morgan fingerprint density at radius 3 is 2.59 bits per heavy atom. The first-order valence-corrected chi connectivity index (χ1v) is 5.00. The van der Waals surface area contributed by atoms with Gasteiger partial charge in [0.2, 0.25) is 0 Å². The van der Waals surface area contributed by atoms with Gasteiger partial charge in [-0.1, -0.05) is 0 Å². The van der Waals surface area contributed by atoms with Crippen LogP contribution in [0.25, 0.3) is 16.9 Å². The summed E-state index contributed by atoms with van der Waals surface area (Å²) in [6.45, 7) is 0. The second-order valence-electron chi connectivity index (χ2n) is 3.36. The molecule has 0 N–H and O–H groups in total. The molecule has 0 aromatic carbocycles. The van der Waals surface area contributed by atoms with Gasteiger partial charge < -0.3 is 0 Å². The average molecular weight is 224 g/mol. The van der Waals surface area contributed by atoms with Crippen LogP contribution in [-0.4, -0.2) is 29.7 Å². The Kier molecular flexibility index (Phi) is 2.31. The molecule has 3 aromatic rings. The minimum absolute atomic E-state index is 0.813. The summed E-state index contributed by atoms with van der Waals surface area (Å²) in [5, 5.41) is 4.24. The van der Waals surface area contributed by atoms with Crippen LogP contribution >= 0.6 is 0 Å². The van der Waals surface area contributed by atoms with Crippen LogP contribution in [0.4, 0.5) is 0 Å². The summed E-state index contributed by atoms with van der Waals surface area (Å²) in [5.74, 6) is 0. The van der Waals surface area contributed by atoms with Crippen LogP contribution in [-0.2, 0) is 0 Å². The van der Waals surface area contributed by atoms with Gasteiger partial charge in [0.1, 0.15) is 18.3 Å². The summed E-state index contributed by atoms with van der Waals surface area (Å²) in [7, 11) is 0. The highest BCUT2D eigenvalue weighted by Crippen LogP contribution is 2.15. The minimum atomic E-state index is 0.813. The molecule has 0 atom stereocenters. The molecule has 0 saturated heterocycles. The highest BCUT2D eigenvalue weighted by Gasteiger charge is 2.04. The van der Waals surface area contributed by atoms with Gasteiger partial charge in [-0.05, 0) is 6.07 Å². The monoisotopic (exact) mass is 224 g/mol. The van der Waals surface area contributed by atoms with Crippen molar-refractivity contribution in [3.05, 3.63) is 49.7 Å². The Bertz CT molecular complexity index is 550. The molecule has 0 saturated carbocycles. The van der Waals surface area contributed by atoms with Crippen molar-refractivity contribution in [2.45, 2.75) is 0 Å². The van der Waals surface area contributed by atoms with E-state index in [2.05, 4.69) is 25.0 Å². The summed E-state index contributed by atoms with van der Waals surface area (Å²) in [6, 6.07) is 1.84. The van der Waals surface area contributed by atoms with Crippen molar-refractivity contribution in [2.24, 2.45) is 0 Å². The lowest BCUT2D eigenvalue weighted by molar-refractivity contribution is 0.864. The van der Waals surface area contributed by atoms with Crippen molar-refractivity contribution in [1.29, 1.82) is 0 Å². The molecule has 0 unspecified atom stereocenters. The first kappa shape index (κ1) is 9.59. The van der Waals surface area contributed by atoms with E-state index in [1.54, 1.807) is 29.5 Å². The van der Waals surface area contributed by atoms with Gasteiger partial charge in [-0.15, -0.1) is 0 Å². The largest absolute Gasteiger partial charge is 0.245 e. The van der Waals surface area contributed by atoms with Gasteiger partial charge in [0.25, 0.3) is 0 Å². The Labute approximate surface area is 97.0 Å². The number of hydrogen-bond acceptors (Lipinski definition) is 5. The zero-order valence-corrected chi connectivity index (χ0v) is 8.80. The fraction of sp³-hybridized carbons (Fsp3) is 0. The van der Waals surface area contributed by atoms with E-state index in [9.17, 15) is 0 Å². The molecular formula is C11H8N6. The predicted octanol–water partition coefficient (Wildman–Crippen LogP) is 1.12. The van der Waals surface area contributed by atoms with E-state index >= 15 is 0 Å². The molecule has 0 spiro atoms. The SMILES string of the molecule is c1cc(-c2cnn(-c3cncnc3)c2)ncn1. The molecule has 0 aliphatic carbocycles. The molecule has 6 heteroatoms. The molecule has 0 radical (unpaired) electrons. The van der Waals surface area contributed by atoms with E-state index in [1.807, 2.05) is 12.3 Å². The second-order valence-corrected chi connectivity index (χ2v) is 3.36. The lowest BCUT2D eigenvalue weighted by Gasteiger charge is -1.97. The molecular weight excluding hydrogens is 216 g/mol. The average Bonchev–Trinajstić information content (AvgIpc) is 2.90. The quantitative estimate of drug-likeness (QED) is 0.652. The third-order valence-corrected chi connectivity index (χ3v) is 2.27. The van der Waals surface area contributed by atoms with Crippen LogP contribution < -0.4 is 0 Å². The summed E-state index contributed by atoms with van der Waals surface area (Å²) in [6.07, 6.45) is 11.7. The molecule has 3 rings (SSSR count). The molecule has 0 bridgehead atoms. The van der Waals surface area contributed by atoms with Crippen molar-refractivity contribution < 1.29 is 0 Å². The molecule has 0 aliphatic rings. The van der Waals surface area contributed by atoms with E-state index in [4.69, 9.17) is 0 Å². The van der Waals surface area contributed by atoms with E-state index in [-0.39, 0.29) is 0 Å². The maximum Gasteiger partial charge on any atom is 0.116 e. The Morgan fingerprint density at radius 2 is 1.82 bits per heavy atom. The number of hydrogen-bond donors (Lipinski definition) is 0.